The van der Waals surface area contributed by atoms with Crippen LogP contribution in [0.4, 0.5) is 0 Å². The number of aliphatic hydroxyl groups is 1. The maximum atomic E-state index is 9.75. The Labute approximate surface area is 850 Å². The minimum atomic E-state index is -1.76. The van der Waals surface area contributed by atoms with Crippen molar-refractivity contribution in [1.82, 2.24) is 0 Å². The highest BCUT2D eigenvalue weighted by Crippen LogP contribution is 2.37. The van der Waals surface area contributed by atoms with E-state index in [1.54, 1.807) is 7.11 Å². The first-order chi connectivity index (χ1) is 64.5. The Bertz CT molecular complexity index is 4460. The molecule has 772 valence electrons. The topological polar surface area (TPSA) is 140 Å². The van der Waals surface area contributed by atoms with Crippen molar-refractivity contribution in [2.45, 2.75) is 436 Å². The van der Waals surface area contributed by atoms with Crippen LogP contribution in [0.3, 0.4) is 0 Å². The van der Waals surface area contributed by atoms with Crippen LogP contribution in [0, 0.1) is 13.8 Å². The van der Waals surface area contributed by atoms with E-state index in [0.717, 1.165) is 146 Å². The van der Waals surface area contributed by atoms with Crippen molar-refractivity contribution in [2.24, 2.45) is 0 Å². The zero-order chi connectivity index (χ0) is 103. The van der Waals surface area contributed by atoms with E-state index in [1.165, 1.54) is 118 Å². The van der Waals surface area contributed by atoms with Gasteiger partial charge in [0, 0.05) is 5.56 Å². The molecule has 1 N–H and O–H groups in total. The molecule has 0 saturated carbocycles. The van der Waals surface area contributed by atoms with Crippen LogP contribution < -0.4 is 42.6 Å². The van der Waals surface area contributed by atoms with Gasteiger partial charge in [-0.1, -0.05) is 97.1 Å². The molecule has 0 fully saturated rings. The molecule has 0 aliphatic carbocycles. The second kappa shape index (κ2) is 59.7. The smallest absolute Gasteiger partial charge is 0.173 e. The number of ether oxygens (including phenoxy) is 9. The average molecular weight is 2040 g/mol. The van der Waals surface area contributed by atoms with Crippen LogP contribution in [0.1, 0.15) is 223 Å². The van der Waals surface area contributed by atoms with E-state index in [9.17, 15) is 5.11 Å². The first-order valence-electron chi connectivity index (χ1n) is 52.6. The van der Waals surface area contributed by atoms with Gasteiger partial charge in [0.15, 0.2) is 78.0 Å². The normalized spacial score (nSPS) is 12.4. The minimum Gasteiger partial charge on any atom is -0.493 e. The van der Waals surface area contributed by atoms with Crippen LogP contribution in [0.5, 0.6) is 51.7 Å². The van der Waals surface area contributed by atoms with Crippen LogP contribution in [0.25, 0.3) is 0 Å². The maximum Gasteiger partial charge on any atom is 0.173 e. The summed E-state index contributed by atoms with van der Waals surface area (Å²) in [6, 6.07) is 69.4. The summed E-state index contributed by atoms with van der Waals surface area (Å²) in [6.07, 6.45) is 19.4. The summed E-state index contributed by atoms with van der Waals surface area (Å²) in [4.78, 5) is 0. The van der Waals surface area contributed by atoms with E-state index < -0.39 is 66.5 Å². The number of hydrogen-bond donors (Lipinski definition) is 1. The fourth-order valence-corrected chi connectivity index (χ4v) is 53.7. The molecule has 22 heteroatoms. The monoisotopic (exact) mass is 2030 g/mol. The lowest BCUT2D eigenvalue weighted by Gasteiger charge is -2.34. The summed E-state index contributed by atoms with van der Waals surface area (Å²) in [5, 5.41) is 9.75. The summed E-state index contributed by atoms with van der Waals surface area (Å²) in [5.74, 6) is 8.38. The lowest BCUT2D eigenvalue weighted by Crippen LogP contribution is -2.44. The summed E-state index contributed by atoms with van der Waals surface area (Å²) >= 11 is 0. The van der Waals surface area contributed by atoms with Crippen molar-refractivity contribution in [1.29, 1.82) is 0 Å². The van der Waals surface area contributed by atoms with Gasteiger partial charge in [-0.2, -0.15) is 0 Å². The van der Waals surface area contributed by atoms with Crippen molar-refractivity contribution >= 4 is 66.5 Å². The van der Waals surface area contributed by atoms with Gasteiger partial charge < -0.3 is 64.2 Å². The zero-order valence-electron chi connectivity index (χ0n) is 93.2. The molecule has 0 aromatic heterocycles. The molecule has 0 radical (unpaired) electrons. The third-order valence-electron chi connectivity index (χ3n) is 23.8. The molecular formula is C116H192O14Si8. The number of para-hydroxylation sites is 2. The Hall–Kier alpha value is -6.50. The van der Waals surface area contributed by atoms with Gasteiger partial charge in [0.2, 0.25) is 0 Å². The second-order valence-corrected chi connectivity index (χ2v) is 80.9. The number of aryl methyl sites for hydroxylation is 10. The first kappa shape index (κ1) is 122. The maximum absolute atomic E-state index is 9.75. The van der Waals surface area contributed by atoms with Gasteiger partial charge >= 0.3 is 0 Å². The van der Waals surface area contributed by atoms with Crippen LogP contribution >= 0.6 is 0 Å². The van der Waals surface area contributed by atoms with Crippen LogP contribution in [0.15, 0.2) is 170 Å². The molecule has 0 atom stereocenters. The number of benzene rings is 8. The van der Waals surface area contributed by atoms with E-state index in [0.29, 0.717) is 0 Å². The van der Waals surface area contributed by atoms with E-state index >= 15 is 0 Å². The second-order valence-electron chi connectivity index (χ2n) is 45.4. The predicted octanol–water partition coefficient (Wildman–Crippen LogP) is 33.1. The fourth-order valence-electron chi connectivity index (χ4n) is 18.3. The highest BCUT2D eigenvalue weighted by molar-refractivity contribution is 6.86. The van der Waals surface area contributed by atoms with Crippen molar-refractivity contribution in [3.63, 3.8) is 0 Å². The van der Waals surface area contributed by atoms with Gasteiger partial charge in [-0.25, -0.2) is 0 Å². The van der Waals surface area contributed by atoms with E-state index in [-0.39, 0.29) is 55.4 Å². The molecule has 0 unspecified atom stereocenters. The molecule has 14 nitrogen and oxygen atoms in total. The molecule has 0 spiro atoms. The Balaban J connectivity index is 0.000000325. The minimum absolute atomic E-state index is 0.00167. The number of methoxy groups -OCH3 is 1. The molecular weight excluding hydrogens is 1840 g/mol. The average Bonchev–Trinajstić information content (AvgIpc) is 0.829. The largest absolute Gasteiger partial charge is 0.493 e. The molecule has 0 amide bonds. The van der Waals surface area contributed by atoms with Gasteiger partial charge in [-0.15, -0.1) is 0 Å². The Kier molecular flexibility index (Phi) is 52.7. The molecule has 0 saturated heterocycles. The number of rotatable bonds is 58. The molecule has 0 bridgehead atoms. The van der Waals surface area contributed by atoms with Gasteiger partial charge in [0.25, 0.3) is 0 Å². The van der Waals surface area contributed by atoms with Gasteiger partial charge in [0.1, 0.15) is 40.2 Å². The van der Waals surface area contributed by atoms with Crippen molar-refractivity contribution < 1.29 is 64.2 Å². The standard InChI is InChI=1S/C30H50O5Si2.C30H50O3Si2.2C28H46O3Si2/c1-23(2)33-28-16-14-25(20-27(28)22-31)12-10-18-36(6,7)35-37(8,9)19-11-13-26-15-17-29(34-24(3)4)30(21-26)32-5;1-23(2)31-29-17-15-27(21-25(29)5)13-11-19-34(7,8)33-35(9,10)20-12-14-28-16-18-30(26(6)22-28)32-24(3)4;1-23(2)29-27-17-13-25(14-18-27)11-9-21-32(5,6)31-33(7,8)22-10-12-26-15-19-28(20-16-26)30-24(3)4;1-23(2)29-27-19-11-9-15-25(27)17-13-21-32(5,6)31-33(7,8)22-14-18-26-16-10-12-20-28(26)30-24(3)4/h14-17,20-21,23-24,31H,10-13,18-19,22H2,1-9H3;15-18,21-24H,11-14,19-20H2,1-10H3;13-20,23-24H,9-12,21-22H2,1-8H3;9-12,15-16,19-20,23-24H,13-14,17-18,21-22H2,1-8H3. The predicted molar refractivity (Wildman–Crippen MR) is 609 cm³/mol. The van der Waals surface area contributed by atoms with Gasteiger partial charge in [-0.3, -0.25) is 0 Å². The van der Waals surface area contributed by atoms with Crippen LogP contribution in [0.2, 0.25) is 153 Å². The lowest BCUT2D eigenvalue weighted by atomic mass is 10.1. The van der Waals surface area contributed by atoms with Gasteiger partial charge in [0.05, 0.1) is 62.5 Å². The lowest BCUT2D eigenvalue weighted by molar-refractivity contribution is 0.225. The SMILES string of the molecule is CC(C)Oc1ccc(CCC[Si](C)(C)O[Si](C)(C)CCCc2ccc(OC(C)C)cc2)cc1.CC(C)Oc1ccccc1CCC[Si](C)(C)O[Si](C)(C)CCCc1ccccc1OC(C)C.COc1cc(CCC[Si](C)(C)O[Si](C)(C)CCCc2ccc(OC(C)C)c(CO)c2)ccc1OC(C)C.Cc1cc(CCC[Si](C)(C)O[Si](C)(C)CCCc2ccc(OC(C)C)c(C)c2)ccc1OC(C)C. The highest BCUT2D eigenvalue weighted by Gasteiger charge is 2.37. The fraction of sp³-hybridized carbons (Fsp3) is 0.586. The molecule has 0 heterocycles. The molecule has 8 aromatic carbocycles. The van der Waals surface area contributed by atoms with Crippen LogP contribution in [-0.4, -0.2) is 128 Å². The first-order valence-corrected chi connectivity index (χ1v) is 77.5. The summed E-state index contributed by atoms with van der Waals surface area (Å²) in [6.45, 7) is 75.5. The van der Waals surface area contributed by atoms with E-state index in [2.05, 4.69) is 359 Å². The Morgan fingerprint density at radius 1 is 0.217 bits per heavy atom. The Morgan fingerprint density at radius 2 is 0.435 bits per heavy atom. The van der Waals surface area contributed by atoms with Gasteiger partial charge in [-0.05, 0) is 509 Å². The van der Waals surface area contributed by atoms with Crippen molar-refractivity contribution in [3.05, 3.63) is 231 Å². The van der Waals surface area contributed by atoms with E-state index in [1.807, 2.05) is 39.8 Å². The van der Waals surface area contributed by atoms with E-state index in [4.69, 9.17) is 59.1 Å². The van der Waals surface area contributed by atoms with Crippen LogP contribution in [-0.2, 0) is 74.4 Å². The molecule has 0 aliphatic rings. The summed E-state index contributed by atoms with van der Waals surface area (Å²) < 4.78 is 80.0. The van der Waals surface area contributed by atoms with Crippen molar-refractivity contribution in [3.8, 4) is 51.7 Å². The Morgan fingerprint density at radius 3 is 0.703 bits per heavy atom. The molecule has 8 rings (SSSR count). The summed E-state index contributed by atoms with van der Waals surface area (Å²) in [5.41, 5.74) is 14.1. The number of aliphatic hydroxyl groups excluding tert-OH is 1. The summed E-state index contributed by atoms with van der Waals surface area (Å²) in [7, 11) is -11.9. The zero-order valence-corrected chi connectivity index (χ0v) is 101. The molecule has 138 heavy (non-hydrogen) atoms. The third-order valence-corrected chi connectivity index (χ3v) is 54.0. The highest BCUT2D eigenvalue weighted by atomic mass is 28.4. The molecule has 8 aromatic rings. The third kappa shape index (κ3) is 51.6. The van der Waals surface area contributed by atoms with Crippen molar-refractivity contribution in [2.75, 3.05) is 7.11 Å². The molecule has 0 aliphatic heterocycles. The number of hydrogen-bond acceptors (Lipinski definition) is 14. The quantitative estimate of drug-likeness (QED) is 0.0362.